The summed E-state index contributed by atoms with van der Waals surface area (Å²) >= 11 is 0. The van der Waals surface area contributed by atoms with Crippen molar-refractivity contribution in [1.29, 1.82) is 0 Å². The zero-order chi connectivity index (χ0) is 14.3. The topological polar surface area (TPSA) is 23.5 Å². The molecular formula is C18H27NO. The van der Waals surface area contributed by atoms with Crippen LogP contribution in [0.15, 0.2) is 18.2 Å². The molecule has 0 saturated heterocycles. The van der Waals surface area contributed by atoms with Crippen molar-refractivity contribution >= 4 is 0 Å². The van der Waals surface area contributed by atoms with Gasteiger partial charge in [0.05, 0.1) is 6.10 Å². The summed E-state index contributed by atoms with van der Waals surface area (Å²) < 4.78 is 0. The molecule has 1 N–H and O–H groups in total. The van der Waals surface area contributed by atoms with Gasteiger partial charge in [-0.05, 0) is 75.1 Å². The molecule has 0 spiro atoms. The van der Waals surface area contributed by atoms with Crippen LogP contribution in [0.5, 0.6) is 0 Å². The molecule has 2 fully saturated rings. The third-order valence-electron chi connectivity index (χ3n) is 5.64. The summed E-state index contributed by atoms with van der Waals surface area (Å²) in [5, 5.41) is 9.75. The van der Waals surface area contributed by atoms with Crippen LogP contribution in [-0.4, -0.2) is 29.2 Å². The minimum absolute atomic E-state index is 0.0186. The van der Waals surface area contributed by atoms with E-state index >= 15 is 0 Å². The first-order valence-corrected chi connectivity index (χ1v) is 7.98. The van der Waals surface area contributed by atoms with Crippen LogP contribution in [0, 0.1) is 25.7 Å². The second-order valence-electron chi connectivity index (χ2n) is 7.06. The summed E-state index contributed by atoms with van der Waals surface area (Å²) in [4.78, 5) is 2.54. The normalized spacial score (nSPS) is 32.9. The van der Waals surface area contributed by atoms with Crippen LogP contribution in [0.4, 0.5) is 0 Å². The van der Waals surface area contributed by atoms with Gasteiger partial charge in [0.1, 0.15) is 0 Å². The Hall–Kier alpha value is -0.860. The van der Waals surface area contributed by atoms with Gasteiger partial charge in [-0.15, -0.1) is 0 Å². The van der Waals surface area contributed by atoms with Gasteiger partial charge in [0.2, 0.25) is 0 Å². The number of fused-ring (bicyclic) bond motifs is 1. The van der Waals surface area contributed by atoms with Crippen molar-refractivity contribution in [2.75, 3.05) is 7.05 Å². The van der Waals surface area contributed by atoms with E-state index in [0.717, 1.165) is 31.2 Å². The Morgan fingerprint density at radius 2 is 1.60 bits per heavy atom. The van der Waals surface area contributed by atoms with E-state index < -0.39 is 0 Å². The fourth-order valence-electron chi connectivity index (χ4n) is 4.39. The number of benzene rings is 1. The first-order chi connectivity index (χ1) is 9.54. The molecule has 1 aromatic rings. The maximum atomic E-state index is 9.75. The van der Waals surface area contributed by atoms with Crippen molar-refractivity contribution in [3.05, 3.63) is 34.9 Å². The van der Waals surface area contributed by atoms with Gasteiger partial charge in [0, 0.05) is 12.6 Å². The Morgan fingerprint density at radius 3 is 2.15 bits per heavy atom. The molecule has 4 atom stereocenters. The molecule has 0 aliphatic heterocycles. The van der Waals surface area contributed by atoms with Crippen LogP contribution >= 0.6 is 0 Å². The number of rotatable bonds is 3. The lowest BCUT2D eigenvalue weighted by molar-refractivity contribution is 0.158. The predicted molar refractivity (Wildman–Crippen MR) is 82.6 cm³/mol. The van der Waals surface area contributed by atoms with E-state index in [4.69, 9.17) is 0 Å². The molecule has 2 aliphatic rings. The van der Waals surface area contributed by atoms with E-state index in [1.54, 1.807) is 0 Å². The van der Waals surface area contributed by atoms with Crippen LogP contribution in [0.2, 0.25) is 0 Å². The highest BCUT2D eigenvalue weighted by Crippen LogP contribution is 2.45. The lowest BCUT2D eigenvalue weighted by Gasteiger charge is -2.27. The Kier molecular flexibility index (Phi) is 3.87. The first-order valence-electron chi connectivity index (χ1n) is 7.98. The number of aliphatic hydroxyl groups excluding tert-OH is 1. The SMILES string of the molecule is Cc1cccc(C)c1CN(C)C1C[C@H]2CC(O)C[C@H]2C1. The van der Waals surface area contributed by atoms with Gasteiger partial charge < -0.3 is 5.11 Å². The van der Waals surface area contributed by atoms with Crippen LogP contribution in [0.3, 0.4) is 0 Å². The van der Waals surface area contributed by atoms with Crippen molar-refractivity contribution in [2.45, 2.75) is 58.2 Å². The molecule has 0 radical (unpaired) electrons. The number of aryl methyl sites for hydroxylation is 2. The Balaban J connectivity index is 1.65. The molecule has 0 amide bonds. The fraction of sp³-hybridized carbons (Fsp3) is 0.667. The molecular weight excluding hydrogens is 246 g/mol. The average Bonchev–Trinajstić information content (AvgIpc) is 2.91. The highest BCUT2D eigenvalue weighted by molar-refractivity contribution is 5.33. The number of hydrogen-bond donors (Lipinski definition) is 1. The van der Waals surface area contributed by atoms with Crippen LogP contribution in [0.25, 0.3) is 0 Å². The molecule has 20 heavy (non-hydrogen) atoms. The second-order valence-corrected chi connectivity index (χ2v) is 7.06. The van der Waals surface area contributed by atoms with Gasteiger partial charge in [0.25, 0.3) is 0 Å². The quantitative estimate of drug-likeness (QED) is 0.913. The first kappa shape index (κ1) is 14.1. The smallest absolute Gasteiger partial charge is 0.0545 e. The van der Waals surface area contributed by atoms with Crippen molar-refractivity contribution in [2.24, 2.45) is 11.8 Å². The minimum Gasteiger partial charge on any atom is -0.393 e. The zero-order valence-electron chi connectivity index (χ0n) is 13.0. The molecule has 1 aromatic carbocycles. The summed E-state index contributed by atoms with van der Waals surface area (Å²) in [6, 6.07) is 7.29. The summed E-state index contributed by atoms with van der Waals surface area (Å²) in [7, 11) is 2.27. The molecule has 2 unspecified atom stereocenters. The Bertz CT molecular complexity index is 450. The number of hydrogen-bond acceptors (Lipinski definition) is 2. The van der Waals surface area contributed by atoms with Gasteiger partial charge in [-0.2, -0.15) is 0 Å². The standard InChI is InChI=1S/C18H27NO/c1-12-5-4-6-13(2)18(12)11-19(3)16-7-14-9-17(20)10-15(14)8-16/h4-6,14-17,20H,7-11H2,1-3H3/t14-,15+,16?,17?. The van der Waals surface area contributed by atoms with E-state index in [1.807, 2.05) is 0 Å². The molecule has 2 heteroatoms. The maximum Gasteiger partial charge on any atom is 0.0545 e. The molecule has 0 bridgehead atoms. The van der Waals surface area contributed by atoms with Gasteiger partial charge in [-0.1, -0.05) is 18.2 Å². The maximum absolute atomic E-state index is 9.75. The van der Waals surface area contributed by atoms with Gasteiger partial charge in [0.15, 0.2) is 0 Å². The van der Waals surface area contributed by atoms with Crippen molar-refractivity contribution in [3.63, 3.8) is 0 Å². The Morgan fingerprint density at radius 1 is 1.05 bits per heavy atom. The van der Waals surface area contributed by atoms with Crippen molar-refractivity contribution < 1.29 is 5.11 Å². The molecule has 3 rings (SSSR count). The van der Waals surface area contributed by atoms with Crippen molar-refractivity contribution in [1.82, 2.24) is 4.90 Å². The zero-order valence-corrected chi connectivity index (χ0v) is 13.0. The molecule has 2 nitrogen and oxygen atoms in total. The molecule has 2 aliphatic carbocycles. The van der Waals surface area contributed by atoms with E-state index in [1.165, 1.54) is 29.5 Å². The summed E-state index contributed by atoms with van der Waals surface area (Å²) in [6.07, 6.45) is 4.62. The van der Waals surface area contributed by atoms with Gasteiger partial charge in [-0.3, -0.25) is 4.90 Å². The predicted octanol–water partition coefficient (Wildman–Crippen LogP) is 3.28. The van der Waals surface area contributed by atoms with Gasteiger partial charge in [-0.25, -0.2) is 0 Å². The summed E-state index contributed by atoms with van der Waals surface area (Å²) in [5.41, 5.74) is 4.31. The third-order valence-corrected chi connectivity index (χ3v) is 5.64. The van der Waals surface area contributed by atoms with Crippen LogP contribution in [0.1, 0.15) is 42.4 Å². The van der Waals surface area contributed by atoms with E-state index in [0.29, 0.717) is 6.04 Å². The summed E-state index contributed by atoms with van der Waals surface area (Å²) in [5.74, 6) is 1.55. The highest BCUT2D eigenvalue weighted by Gasteiger charge is 2.42. The van der Waals surface area contributed by atoms with E-state index in [2.05, 4.69) is 44.0 Å². The molecule has 2 saturated carbocycles. The van der Waals surface area contributed by atoms with Crippen molar-refractivity contribution in [3.8, 4) is 0 Å². The van der Waals surface area contributed by atoms with Crippen LogP contribution < -0.4 is 0 Å². The second kappa shape index (κ2) is 5.50. The average molecular weight is 273 g/mol. The molecule has 0 heterocycles. The van der Waals surface area contributed by atoms with Gasteiger partial charge >= 0.3 is 0 Å². The monoisotopic (exact) mass is 273 g/mol. The summed E-state index contributed by atoms with van der Waals surface area (Å²) in [6.45, 7) is 5.50. The fourth-order valence-corrected chi connectivity index (χ4v) is 4.39. The number of aliphatic hydroxyl groups is 1. The van der Waals surface area contributed by atoms with E-state index in [-0.39, 0.29) is 6.10 Å². The lowest BCUT2D eigenvalue weighted by atomic mass is 10.0. The van der Waals surface area contributed by atoms with E-state index in [9.17, 15) is 5.11 Å². The molecule has 0 aromatic heterocycles. The largest absolute Gasteiger partial charge is 0.393 e. The third kappa shape index (κ3) is 2.64. The number of nitrogens with zero attached hydrogens (tertiary/aromatic N) is 1. The highest BCUT2D eigenvalue weighted by atomic mass is 16.3. The minimum atomic E-state index is -0.0186. The Labute approximate surface area is 122 Å². The molecule has 110 valence electrons. The van der Waals surface area contributed by atoms with Crippen LogP contribution in [-0.2, 0) is 6.54 Å². The lowest BCUT2D eigenvalue weighted by Crippen LogP contribution is -2.30.